The molecule has 0 unspecified atom stereocenters. The fourth-order valence-corrected chi connectivity index (χ4v) is 1.65. The van der Waals surface area contributed by atoms with Gasteiger partial charge in [-0.3, -0.25) is 0 Å². The van der Waals surface area contributed by atoms with Gasteiger partial charge >= 0.3 is 0 Å². The normalized spacial score (nSPS) is 12.6. The number of aryl methyl sites for hydroxylation is 1. The van der Waals surface area contributed by atoms with Crippen LogP contribution in [0.2, 0.25) is 0 Å². The highest BCUT2D eigenvalue weighted by Gasteiger charge is 2.13. The van der Waals surface area contributed by atoms with Gasteiger partial charge in [-0.05, 0) is 37.1 Å². The van der Waals surface area contributed by atoms with Crippen LogP contribution in [-0.4, -0.2) is 25.3 Å². The van der Waals surface area contributed by atoms with E-state index in [-0.39, 0.29) is 18.5 Å². The number of aliphatic hydroxyl groups excluding tert-OH is 1. The van der Waals surface area contributed by atoms with Gasteiger partial charge in [-0.25, -0.2) is 4.39 Å². The van der Waals surface area contributed by atoms with Gasteiger partial charge in [0.1, 0.15) is 5.82 Å². The number of hydrogen-bond acceptors (Lipinski definition) is 3. The van der Waals surface area contributed by atoms with Crippen molar-refractivity contribution in [2.75, 3.05) is 25.1 Å². The van der Waals surface area contributed by atoms with Gasteiger partial charge in [0.15, 0.2) is 0 Å². The van der Waals surface area contributed by atoms with Crippen LogP contribution in [-0.2, 0) is 0 Å². The highest BCUT2D eigenvalue weighted by molar-refractivity contribution is 5.56. The Kier molecular flexibility index (Phi) is 4.26. The van der Waals surface area contributed by atoms with Crippen molar-refractivity contribution in [3.05, 3.63) is 29.1 Å². The monoisotopic (exact) mass is 226 g/mol. The molecule has 1 rings (SSSR count). The van der Waals surface area contributed by atoms with Crippen LogP contribution in [0.15, 0.2) is 12.1 Å². The molecule has 0 bridgehead atoms. The first-order chi connectivity index (χ1) is 7.47. The van der Waals surface area contributed by atoms with E-state index in [4.69, 9.17) is 10.8 Å². The van der Waals surface area contributed by atoms with Gasteiger partial charge in [0.2, 0.25) is 0 Å². The molecule has 3 N–H and O–H groups in total. The lowest BCUT2D eigenvalue weighted by Crippen LogP contribution is -2.24. The van der Waals surface area contributed by atoms with Gasteiger partial charge in [-0.1, -0.05) is 0 Å². The molecule has 0 fully saturated rings. The Morgan fingerprint density at radius 2 is 2.12 bits per heavy atom. The summed E-state index contributed by atoms with van der Waals surface area (Å²) in [5, 5.41) is 8.90. The van der Waals surface area contributed by atoms with Crippen LogP contribution < -0.4 is 10.6 Å². The quantitative estimate of drug-likeness (QED) is 0.819. The van der Waals surface area contributed by atoms with E-state index in [0.717, 1.165) is 11.3 Å². The van der Waals surface area contributed by atoms with E-state index in [2.05, 4.69) is 0 Å². The maximum absolute atomic E-state index is 13.4. The lowest BCUT2D eigenvalue weighted by atomic mass is 10.0. The first-order valence-electron chi connectivity index (χ1n) is 5.35. The second-order valence-electron chi connectivity index (χ2n) is 4.09. The molecule has 0 aromatic heterocycles. The SMILES string of the molecule is Cc1cc(N(C)CCO)c([C@@H](C)N)cc1F. The van der Waals surface area contributed by atoms with Crippen LogP contribution in [0.4, 0.5) is 10.1 Å². The zero-order chi connectivity index (χ0) is 12.3. The van der Waals surface area contributed by atoms with Crippen LogP contribution in [0.5, 0.6) is 0 Å². The maximum Gasteiger partial charge on any atom is 0.126 e. The van der Waals surface area contributed by atoms with Gasteiger partial charge in [0.25, 0.3) is 0 Å². The summed E-state index contributed by atoms with van der Waals surface area (Å²) < 4.78 is 13.4. The molecule has 1 atom stereocenters. The number of rotatable bonds is 4. The predicted octanol–water partition coefficient (Wildman–Crippen LogP) is 1.58. The molecule has 90 valence electrons. The number of likely N-dealkylation sites (N-methyl/N-ethyl adjacent to an activating group) is 1. The zero-order valence-corrected chi connectivity index (χ0v) is 10.00. The summed E-state index contributed by atoms with van der Waals surface area (Å²) in [6.45, 7) is 4.10. The van der Waals surface area contributed by atoms with Crippen molar-refractivity contribution in [3.63, 3.8) is 0 Å². The molecule has 0 saturated heterocycles. The molecule has 0 aliphatic heterocycles. The predicted molar refractivity (Wildman–Crippen MR) is 64.1 cm³/mol. The lowest BCUT2D eigenvalue weighted by Gasteiger charge is -2.24. The second kappa shape index (κ2) is 5.27. The summed E-state index contributed by atoms with van der Waals surface area (Å²) in [4.78, 5) is 1.88. The minimum Gasteiger partial charge on any atom is -0.395 e. The Hall–Kier alpha value is -1.13. The van der Waals surface area contributed by atoms with Crippen molar-refractivity contribution in [2.45, 2.75) is 19.9 Å². The number of hydrogen-bond donors (Lipinski definition) is 2. The molecule has 0 aliphatic carbocycles. The fourth-order valence-electron chi connectivity index (χ4n) is 1.65. The Balaban J connectivity index is 3.19. The van der Waals surface area contributed by atoms with E-state index >= 15 is 0 Å². The Morgan fingerprint density at radius 3 is 2.62 bits per heavy atom. The minimum atomic E-state index is -0.242. The third kappa shape index (κ3) is 2.71. The molecule has 0 heterocycles. The molecule has 1 aromatic carbocycles. The van der Waals surface area contributed by atoms with Crippen LogP contribution in [0.25, 0.3) is 0 Å². The van der Waals surface area contributed by atoms with E-state index in [9.17, 15) is 4.39 Å². The molecule has 0 saturated carbocycles. The number of nitrogens with zero attached hydrogens (tertiary/aromatic N) is 1. The molecule has 4 heteroatoms. The van der Waals surface area contributed by atoms with Crippen LogP contribution in [0.1, 0.15) is 24.1 Å². The Morgan fingerprint density at radius 1 is 1.50 bits per heavy atom. The summed E-state index contributed by atoms with van der Waals surface area (Å²) in [5.74, 6) is -0.242. The Labute approximate surface area is 95.7 Å². The van der Waals surface area contributed by atoms with E-state index in [1.807, 2.05) is 18.9 Å². The van der Waals surface area contributed by atoms with Gasteiger partial charge in [0.05, 0.1) is 6.61 Å². The van der Waals surface area contributed by atoms with Crippen molar-refractivity contribution in [2.24, 2.45) is 5.73 Å². The van der Waals surface area contributed by atoms with Crippen molar-refractivity contribution in [1.82, 2.24) is 0 Å². The average Bonchev–Trinajstić information content (AvgIpc) is 2.21. The molecule has 16 heavy (non-hydrogen) atoms. The van der Waals surface area contributed by atoms with E-state index in [0.29, 0.717) is 12.1 Å². The first-order valence-corrected chi connectivity index (χ1v) is 5.35. The van der Waals surface area contributed by atoms with E-state index < -0.39 is 0 Å². The van der Waals surface area contributed by atoms with Gasteiger partial charge in [0, 0.05) is 25.3 Å². The van der Waals surface area contributed by atoms with Crippen molar-refractivity contribution in [1.29, 1.82) is 0 Å². The highest BCUT2D eigenvalue weighted by atomic mass is 19.1. The standard InChI is InChI=1S/C12H19FN2O/c1-8-6-12(15(3)4-5-16)10(9(2)14)7-11(8)13/h6-7,9,16H,4-5,14H2,1-3H3/t9-/m1/s1. The third-order valence-electron chi connectivity index (χ3n) is 2.65. The van der Waals surface area contributed by atoms with Gasteiger partial charge in [-0.2, -0.15) is 0 Å². The lowest BCUT2D eigenvalue weighted by molar-refractivity contribution is 0.304. The number of benzene rings is 1. The summed E-state index contributed by atoms with van der Waals surface area (Å²) >= 11 is 0. The molecular weight excluding hydrogens is 207 g/mol. The maximum atomic E-state index is 13.4. The van der Waals surface area contributed by atoms with E-state index in [1.165, 1.54) is 6.07 Å². The number of aliphatic hydroxyl groups is 1. The number of halogens is 1. The van der Waals surface area contributed by atoms with Crippen molar-refractivity contribution >= 4 is 5.69 Å². The topological polar surface area (TPSA) is 49.5 Å². The van der Waals surface area contributed by atoms with E-state index in [1.54, 1.807) is 13.0 Å². The van der Waals surface area contributed by atoms with Gasteiger partial charge in [-0.15, -0.1) is 0 Å². The summed E-state index contributed by atoms with van der Waals surface area (Å²) in [6, 6.07) is 3.01. The van der Waals surface area contributed by atoms with Crippen LogP contribution in [0, 0.1) is 12.7 Å². The fraction of sp³-hybridized carbons (Fsp3) is 0.500. The smallest absolute Gasteiger partial charge is 0.126 e. The van der Waals surface area contributed by atoms with Crippen LogP contribution in [0.3, 0.4) is 0 Å². The highest BCUT2D eigenvalue weighted by Crippen LogP contribution is 2.27. The minimum absolute atomic E-state index is 0.0608. The average molecular weight is 226 g/mol. The summed E-state index contributed by atoms with van der Waals surface area (Å²) in [5.41, 5.74) is 8.04. The molecule has 0 aliphatic rings. The summed E-state index contributed by atoms with van der Waals surface area (Å²) in [7, 11) is 1.86. The summed E-state index contributed by atoms with van der Waals surface area (Å²) in [6.07, 6.45) is 0. The van der Waals surface area contributed by atoms with Crippen molar-refractivity contribution < 1.29 is 9.50 Å². The third-order valence-corrected chi connectivity index (χ3v) is 2.65. The molecule has 0 radical (unpaired) electrons. The largest absolute Gasteiger partial charge is 0.395 e. The van der Waals surface area contributed by atoms with Crippen LogP contribution >= 0.6 is 0 Å². The molecule has 1 aromatic rings. The molecular formula is C12H19FN2O. The second-order valence-corrected chi connectivity index (χ2v) is 4.09. The first kappa shape index (κ1) is 12.9. The zero-order valence-electron chi connectivity index (χ0n) is 10.00. The molecule has 0 amide bonds. The van der Waals surface area contributed by atoms with Gasteiger partial charge < -0.3 is 15.7 Å². The number of nitrogens with two attached hydrogens (primary N) is 1. The van der Waals surface area contributed by atoms with Crippen molar-refractivity contribution in [3.8, 4) is 0 Å². The number of anilines is 1. The Bertz CT molecular complexity index is 366. The molecule has 0 spiro atoms. The molecule has 3 nitrogen and oxygen atoms in total.